The normalized spacial score (nSPS) is 14.8. The maximum atomic E-state index is 14.3. The Morgan fingerprint density at radius 2 is 1.89 bits per heavy atom. The Balaban J connectivity index is 1.05. The van der Waals surface area contributed by atoms with Crippen LogP contribution in [-0.4, -0.2) is 70.2 Å². The van der Waals surface area contributed by atoms with Crippen molar-refractivity contribution in [1.82, 2.24) is 34.6 Å². The zero-order chi connectivity index (χ0) is 32.3. The van der Waals surface area contributed by atoms with Crippen LogP contribution < -0.4 is 4.72 Å². The first-order valence-corrected chi connectivity index (χ1v) is 17.1. The van der Waals surface area contributed by atoms with Gasteiger partial charge in [-0.1, -0.05) is 31.2 Å². The largest absolute Gasteiger partial charge is 0.351 e. The van der Waals surface area contributed by atoms with Crippen LogP contribution in [0, 0.1) is 17.7 Å². The number of aromatic nitrogens is 5. The highest BCUT2D eigenvalue weighted by atomic mass is 32.2. The van der Waals surface area contributed by atoms with Gasteiger partial charge in [-0.05, 0) is 92.2 Å². The number of rotatable bonds is 12. The molecule has 0 atom stereocenters. The summed E-state index contributed by atoms with van der Waals surface area (Å²) in [4.78, 5) is 23.2. The molecule has 3 aromatic heterocycles. The predicted molar refractivity (Wildman–Crippen MR) is 174 cm³/mol. The van der Waals surface area contributed by atoms with Gasteiger partial charge in [0, 0.05) is 54.1 Å². The van der Waals surface area contributed by atoms with Gasteiger partial charge in [-0.15, -0.1) is 5.10 Å². The van der Waals surface area contributed by atoms with Crippen LogP contribution in [-0.2, 0) is 23.0 Å². The van der Waals surface area contributed by atoms with Gasteiger partial charge in [0.1, 0.15) is 11.5 Å². The fourth-order valence-electron chi connectivity index (χ4n) is 6.10. The van der Waals surface area contributed by atoms with E-state index in [4.69, 9.17) is 0 Å². The number of carbonyl (C=O) groups excluding carboxylic acids is 1. The maximum absolute atomic E-state index is 14.3. The number of fused-ring (bicyclic) bond motifs is 1. The Labute approximate surface area is 268 Å². The van der Waals surface area contributed by atoms with Crippen LogP contribution >= 0.6 is 0 Å². The summed E-state index contributed by atoms with van der Waals surface area (Å²) < 4.78 is 44.4. The molecule has 12 heteroatoms. The van der Waals surface area contributed by atoms with Gasteiger partial charge in [-0.25, -0.2) is 17.5 Å². The third-order valence-corrected chi connectivity index (χ3v) is 9.93. The summed E-state index contributed by atoms with van der Waals surface area (Å²) in [7, 11) is -3.56. The lowest BCUT2D eigenvalue weighted by Crippen LogP contribution is -2.40. The summed E-state index contributed by atoms with van der Waals surface area (Å²) in [5.41, 5.74) is 3.49. The second-order valence-corrected chi connectivity index (χ2v) is 14.2. The summed E-state index contributed by atoms with van der Waals surface area (Å²) in [5, 5.41) is 9.31. The number of hydrogen-bond donors (Lipinski definition) is 2. The zero-order valence-corrected chi connectivity index (χ0v) is 26.8. The Hall–Kier alpha value is -4.26. The molecule has 0 saturated carbocycles. The van der Waals surface area contributed by atoms with Crippen molar-refractivity contribution in [2.24, 2.45) is 11.8 Å². The fourth-order valence-corrected chi connectivity index (χ4v) is 7.12. The second-order valence-electron chi connectivity index (χ2n) is 12.4. The summed E-state index contributed by atoms with van der Waals surface area (Å²) in [6, 6.07) is 14.9. The first kappa shape index (κ1) is 31.7. The molecule has 1 aliphatic heterocycles. The first-order chi connectivity index (χ1) is 22.2. The highest BCUT2D eigenvalue weighted by Crippen LogP contribution is 2.33. The fraction of sp³-hybridized carbons (Fsp3) is 0.353. The van der Waals surface area contributed by atoms with E-state index < -0.39 is 15.8 Å². The van der Waals surface area contributed by atoms with Gasteiger partial charge in [-0.3, -0.25) is 14.5 Å². The summed E-state index contributed by atoms with van der Waals surface area (Å²) >= 11 is 0. The van der Waals surface area contributed by atoms with Crippen molar-refractivity contribution >= 4 is 26.7 Å². The molecule has 240 valence electrons. The monoisotopic (exact) mass is 643 g/mol. The number of likely N-dealkylation sites (tertiary alicyclic amines) is 1. The Kier molecular flexibility index (Phi) is 9.39. The molecule has 2 aromatic carbocycles. The number of pyridine rings is 1. The molecular weight excluding hydrogens is 605 g/mol. The molecule has 10 nitrogen and oxygen atoms in total. The number of hydrogen-bond acceptors (Lipinski definition) is 7. The molecule has 2 N–H and O–H groups in total. The van der Waals surface area contributed by atoms with Gasteiger partial charge < -0.3 is 9.88 Å². The number of halogens is 1. The van der Waals surface area contributed by atoms with Crippen LogP contribution in [0.5, 0.6) is 0 Å². The lowest BCUT2D eigenvalue weighted by atomic mass is 9.97. The van der Waals surface area contributed by atoms with Crippen molar-refractivity contribution in [1.29, 1.82) is 0 Å². The van der Waals surface area contributed by atoms with E-state index in [0.29, 0.717) is 64.9 Å². The molecule has 0 spiro atoms. The number of H-pyrrole nitrogens is 1. The third kappa shape index (κ3) is 7.24. The predicted octanol–water partition coefficient (Wildman–Crippen LogP) is 5.08. The van der Waals surface area contributed by atoms with Crippen molar-refractivity contribution in [3.8, 4) is 11.3 Å². The Morgan fingerprint density at radius 3 is 2.61 bits per heavy atom. The quantitative estimate of drug-likeness (QED) is 0.182. The van der Waals surface area contributed by atoms with E-state index in [0.717, 1.165) is 37.9 Å². The van der Waals surface area contributed by atoms with Gasteiger partial charge in [0.25, 0.3) is 0 Å². The molecule has 0 radical (unpaired) electrons. The van der Waals surface area contributed by atoms with Crippen molar-refractivity contribution < 1.29 is 17.6 Å². The van der Waals surface area contributed by atoms with E-state index in [1.165, 1.54) is 18.3 Å². The van der Waals surface area contributed by atoms with Gasteiger partial charge in [-0.2, -0.15) is 0 Å². The van der Waals surface area contributed by atoms with E-state index in [-0.39, 0.29) is 10.7 Å². The summed E-state index contributed by atoms with van der Waals surface area (Å²) in [5.74, 6) is 0.210. The van der Waals surface area contributed by atoms with Crippen LogP contribution in [0.3, 0.4) is 0 Å². The standard InChI is InChI=1S/C34H38FN7O3S/c1-23(2)18-24-5-8-28(9-6-24)46(44,45)37-14-17-41-15-11-25(12-16-41)21-42-22-31(39-40-42)32-29-19-27(35)7-10-30(29)38-33(32)34(43)26-4-3-13-36-20-26/h3-10,13,19-20,22-23,25,37-38H,11-12,14-18,21H2,1-2H3. The van der Waals surface area contributed by atoms with E-state index in [2.05, 4.69) is 43.7 Å². The maximum Gasteiger partial charge on any atom is 0.240 e. The van der Waals surface area contributed by atoms with E-state index in [1.54, 1.807) is 41.2 Å². The molecule has 1 aliphatic rings. The van der Waals surface area contributed by atoms with Crippen LogP contribution in [0.2, 0.25) is 0 Å². The molecule has 0 bridgehead atoms. The summed E-state index contributed by atoms with van der Waals surface area (Å²) in [6.45, 7) is 7.62. The average Bonchev–Trinajstić information content (AvgIpc) is 3.66. The van der Waals surface area contributed by atoms with Crippen molar-refractivity contribution in [3.05, 3.63) is 95.8 Å². The molecule has 46 heavy (non-hydrogen) atoms. The molecule has 0 unspecified atom stereocenters. The summed E-state index contributed by atoms with van der Waals surface area (Å²) in [6.07, 6.45) is 7.70. The van der Waals surface area contributed by atoms with Gasteiger partial charge in [0.05, 0.1) is 16.8 Å². The van der Waals surface area contributed by atoms with Crippen LogP contribution in [0.25, 0.3) is 22.2 Å². The van der Waals surface area contributed by atoms with Crippen molar-refractivity contribution in [2.75, 3.05) is 26.2 Å². The number of benzene rings is 2. The molecule has 0 amide bonds. The van der Waals surface area contributed by atoms with Crippen molar-refractivity contribution in [3.63, 3.8) is 0 Å². The molecular formula is C34H38FN7O3S. The van der Waals surface area contributed by atoms with Crippen LogP contribution in [0.1, 0.15) is 48.3 Å². The average molecular weight is 644 g/mol. The number of nitrogens with one attached hydrogen (secondary N) is 2. The minimum absolute atomic E-state index is 0.261. The van der Waals surface area contributed by atoms with Gasteiger partial charge in [0.2, 0.25) is 15.8 Å². The first-order valence-electron chi connectivity index (χ1n) is 15.6. The third-order valence-electron chi connectivity index (χ3n) is 8.46. The van der Waals surface area contributed by atoms with E-state index >= 15 is 0 Å². The van der Waals surface area contributed by atoms with E-state index in [1.807, 2.05) is 18.3 Å². The zero-order valence-electron chi connectivity index (χ0n) is 26.0. The number of carbonyl (C=O) groups is 1. The van der Waals surface area contributed by atoms with Crippen LogP contribution in [0.15, 0.2) is 78.1 Å². The van der Waals surface area contributed by atoms with Crippen molar-refractivity contribution in [2.45, 2.75) is 44.6 Å². The van der Waals surface area contributed by atoms with Gasteiger partial charge in [0.15, 0.2) is 0 Å². The minimum Gasteiger partial charge on any atom is -0.351 e. The number of ketones is 1. The second kappa shape index (κ2) is 13.6. The molecule has 1 saturated heterocycles. The minimum atomic E-state index is -3.56. The number of nitrogens with zero attached hydrogens (tertiary/aromatic N) is 5. The SMILES string of the molecule is CC(C)Cc1ccc(S(=O)(=O)NCCN2CCC(Cn3cc(-c4c(C(=O)c5cccnc5)[nH]c5ccc(F)cc45)nn3)CC2)cc1. The topological polar surface area (TPSA) is 126 Å². The highest BCUT2D eigenvalue weighted by Gasteiger charge is 2.25. The van der Waals surface area contributed by atoms with Crippen LogP contribution in [0.4, 0.5) is 4.39 Å². The number of sulfonamides is 1. The lowest BCUT2D eigenvalue weighted by Gasteiger charge is -2.31. The molecule has 6 rings (SSSR count). The Morgan fingerprint density at radius 1 is 1.11 bits per heavy atom. The molecule has 5 aromatic rings. The smallest absolute Gasteiger partial charge is 0.240 e. The molecule has 0 aliphatic carbocycles. The molecule has 1 fully saturated rings. The number of aromatic amines is 1. The van der Waals surface area contributed by atoms with Gasteiger partial charge >= 0.3 is 0 Å². The van der Waals surface area contributed by atoms with E-state index in [9.17, 15) is 17.6 Å². The number of piperidine rings is 1. The highest BCUT2D eigenvalue weighted by molar-refractivity contribution is 7.89. The lowest BCUT2D eigenvalue weighted by molar-refractivity contribution is 0.103. The molecule has 4 heterocycles. The Bertz CT molecular complexity index is 1910.